The Morgan fingerprint density at radius 2 is 1.11 bits per heavy atom. The van der Waals surface area contributed by atoms with Crippen LogP contribution in [-0.2, 0) is 33.6 Å². The number of hydrogen-bond donors (Lipinski definition) is 8. The molecule has 3 amide bonds. The van der Waals surface area contributed by atoms with E-state index in [0.717, 1.165) is 35.5 Å². The molecule has 0 bridgehead atoms. The molecule has 0 heterocycles. The molecule has 268 valence electrons. The number of nitrogens with one attached hydrogen (secondary N) is 3. The summed E-state index contributed by atoms with van der Waals surface area (Å²) in [7, 11) is 0. The molecule has 1 aliphatic carbocycles. The van der Waals surface area contributed by atoms with E-state index >= 15 is 0 Å². The number of carbonyl (C=O) groups is 7. The number of carboxylic acids is 4. The van der Waals surface area contributed by atoms with Gasteiger partial charge in [-0.1, -0.05) is 38.5 Å². The second kappa shape index (κ2) is 23.4. The topological polar surface area (TPSA) is 272 Å². The number of carbonyl (C=O) groups excluding carboxylic acids is 3. The Balaban J connectivity index is 2.47. The van der Waals surface area contributed by atoms with Crippen LogP contribution in [0.4, 0.5) is 0 Å². The zero-order valence-electron chi connectivity index (χ0n) is 26.9. The van der Waals surface area contributed by atoms with E-state index in [4.69, 9.17) is 26.2 Å². The molecule has 1 atom stereocenters. The molecule has 9 N–H and O–H groups in total. The van der Waals surface area contributed by atoms with Crippen molar-refractivity contribution in [2.24, 2.45) is 11.7 Å². The minimum atomic E-state index is -1.24. The largest absolute Gasteiger partial charge is 0.480 e. The second-order valence-electron chi connectivity index (χ2n) is 11.8. The van der Waals surface area contributed by atoms with Gasteiger partial charge >= 0.3 is 23.9 Å². The van der Waals surface area contributed by atoms with Crippen LogP contribution in [0.5, 0.6) is 0 Å². The van der Waals surface area contributed by atoms with Gasteiger partial charge in [0.25, 0.3) is 5.91 Å². The van der Waals surface area contributed by atoms with Crippen LogP contribution in [0.3, 0.4) is 0 Å². The maximum Gasteiger partial charge on any atom is 0.317 e. The fourth-order valence-electron chi connectivity index (χ4n) is 5.28. The van der Waals surface area contributed by atoms with Gasteiger partial charge < -0.3 is 31.5 Å². The quantitative estimate of drug-likeness (QED) is 0.0398. The Morgan fingerprint density at radius 1 is 0.617 bits per heavy atom. The van der Waals surface area contributed by atoms with E-state index in [2.05, 4.69) is 16.2 Å². The molecule has 1 fully saturated rings. The van der Waals surface area contributed by atoms with Gasteiger partial charge in [0.15, 0.2) is 0 Å². The summed E-state index contributed by atoms with van der Waals surface area (Å²) in [5.41, 5.74) is 10.7. The summed E-state index contributed by atoms with van der Waals surface area (Å²) < 4.78 is 0. The zero-order chi connectivity index (χ0) is 35.2. The molecule has 1 unspecified atom stereocenters. The highest BCUT2D eigenvalue weighted by molar-refractivity contribution is 5.85. The molecule has 47 heavy (non-hydrogen) atoms. The van der Waals surface area contributed by atoms with E-state index in [1.165, 1.54) is 6.42 Å². The van der Waals surface area contributed by atoms with Crippen molar-refractivity contribution in [2.45, 2.75) is 70.3 Å². The van der Waals surface area contributed by atoms with Crippen LogP contribution in [0.25, 0.3) is 0 Å². The minimum absolute atomic E-state index is 0.0291. The highest BCUT2D eigenvalue weighted by Gasteiger charge is 2.22. The fourth-order valence-corrected chi connectivity index (χ4v) is 5.28. The monoisotopic (exact) mass is 673 g/mol. The van der Waals surface area contributed by atoms with Crippen LogP contribution in [0.2, 0.25) is 0 Å². The molecule has 0 aromatic heterocycles. The lowest BCUT2D eigenvalue weighted by molar-refractivity contribution is -0.143. The lowest BCUT2D eigenvalue weighted by atomic mass is 9.85. The van der Waals surface area contributed by atoms with Crippen LogP contribution in [0.1, 0.15) is 64.2 Å². The van der Waals surface area contributed by atoms with Crippen molar-refractivity contribution < 1.29 is 54.0 Å². The van der Waals surface area contributed by atoms with Gasteiger partial charge in [0.05, 0.1) is 38.8 Å². The summed E-state index contributed by atoms with van der Waals surface area (Å²) in [6.45, 7) is -2.04. The third-order valence-electron chi connectivity index (χ3n) is 7.64. The summed E-state index contributed by atoms with van der Waals surface area (Å²) in [5.74, 6) is -5.69. The Morgan fingerprint density at radius 3 is 1.60 bits per heavy atom. The maximum atomic E-state index is 12.7. The molecule has 0 aromatic rings. The molecule has 0 spiro atoms. The van der Waals surface area contributed by atoms with Crippen molar-refractivity contribution in [3.05, 3.63) is 0 Å². The van der Waals surface area contributed by atoms with Gasteiger partial charge in [0.2, 0.25) is 11.8 Å². The molecular weight excluding hydrogens is 622 g/mol. The Hall–Kier alpha value is -3.87. The first-order valence-electron chi connectivity index (χ1n) is 15.9. The van der Waals surface area contributed by atoms with Crippen LogP contribution < -0.4 is 21.9 Å². The number of nitrogens with two attached hydrogens (primary N) is 1. The van der Waals surface area contributed by atoms with Crippen molar-refractivity contribution in [1.82, 2.24) is 30.9 Å². The standard InChI is InChI=1S/C29H51N7O11/c30-22(15-21-7-3-1-4-8-21)29(47)33-32-23(37)9-5-2-6-10-31-24(38)16-34(11-13-35(17-25(39)40)18-26(41)42)12-14-36(19-27(43)44)20-28(45)46/h21-22H,1-20,30H2,(H,31,38)(H,32,37)(H,33,47)(H,39,40)(H,41,42)(H,43,44)(H,45,46). The molecule has 0 radical (unpaired) electrons. The predicted molar refractivity (Wildman–Crippen MR) is 167 cm³/mol. The zero-order valence-corrected chi connectivity index (χ0v) is 26.9. The van der Waals surface area contributed by atoms with Crippen LogP contribution >= 0.6 is 0 Å². The highest BCUT2D eigenvalue weighted by Crippen LogP contribution is 2.26. The Labute approximate surface area is 273 Å². The van der Waals surface area contributed by atoms with Gasteiger partial charge in [-0.05, 0) is 25.2 Å². The van der Waals surface area contributed by atoms with Crippen LogP contribution in [0.15, 0.2) is 0 Å². The highest BCUT2D eigenvalue weighted by atomic mass is 16.4. The number of unbranched alkanes of at least 4 members (excludes halogenated alkanes) is 2. The summed E-state index contributed by atoms with van der Waals surface area (Å²) in [4.78, 5) is 85.4. The number of carboxylic acid groups (broad SMARTS) is 4. The number of hydrogen-bond acceptors (Lipinski definition) is 11. The molecule has 18 heteroatoms. The number of aliphatic carboxylic acids is 4. The molecular formula is C29H51N7O11. The average molecular weight is 674 g/mol. The lowest BCUT2D eigenvalue weighted by Gasteiger charge is -2.28. The van der Waals surface area contributed by atoms with E-state index in [0.29, 0.717) is 31.6 Å². The van der Waals surface area contributed by atoms with Crippen molar-refractivity contribution in [1.29, 1.82) is 0 Å². The number of rotatable bonds is 25. The van der Waals surface area contributed by atoms with Crippen LogP contribution in [-0.4, -0.2) is 148 Å². The molecule has 1 saturated carbocycles. The molecule has 1 rings (SSSR count). The summed E-state index contributed by atoms with van der Waals surface area (Å²) in [6.07, 6.45) is 8.04. The van der Waals surface area contributed by atoms with Gasteiger partial charge in [0, 0.05) is 39.1 Å². The Bertz CT molecular complexity index is 968. The van der Waals surface area contributed by atoms with Gasteiger partial charge in [-0.2, -0.15) is 0 Å². The van der Waals surface area contributed by atoms with Crippen LogP contribution in [0, 0.1) is 5.92 Å². The van der Waals surface area contributed by atoms with E-state index in [1.54, 1.807) is 4.90 Å². The second-order valence-corrected chi connectivity index (χ2v) is 11.8. The van der Waals surface area contributed by atoms with Gasteiger partial charge in [0.1, 0.15) is 0 Å². The maximum absolute atomic E-state index is 12.7. The van der Waals surface area contributed by atoms with Gasteiger partial charge in [-0.3, -0.25) is 59.1 Å². The summed E-state index contributed by atoms with van der Waals surface area (Å²) in [6, 6.07) is -0.681. The molecule has 0 aliphatic heterocycles. The van der Waals surface area contributed by atoms with E-state index in [9.17, 15) is 33.6 Å². The normalized spacial score (nSPS) is 14.1. The summed E-state index contributed by atoms with van der Waals surface area (Å²) >= 11 is 0. The van der Waals surface area contributed by atoms with Crippen molar-refractivity contribution >= 4 is 41.6 Å². The SMILES string of the molecule is NC(CC1CCCCC1)C(=O)NNC(=O)CCCCCNC(=O)CN(CCN(CC(=O)O)CC(=O)O)CCN(CC(=O)O)CC(=O)O. The van der Waals surface area contributed by atoms with Crippen molar-refractivity contribution in [2.75, 3.05) is 65.4 Å². The predicted octanol–water partition coefficient (Wildman–Crippen LogP) is -1.65. The van der Waals surface area contributed by atoms with E-state index in [1.807, 2.05) is 0 Å². The summed E-state index contributed by atoms with van der Waals surface area (Å²) in [5, 5.41) is 39.1. The smallest absolute Gasteiger partial charge is 0.317 e. The fraction of sp³-hybridized carbons (Fsp3) is 0.759. The van der Waals surface area contributed by atoms with Gasteiger partial charge in [-0.25, -0.2) is 0 Å². The number of amides is 3. The average Bonchev–Trinajstić information content (AvgIpc) is 2.98. The Kier molecular flexibility index (Phi) is 20.5. The molecule has 18 nitrogen and oxygen atoms in total. The number of nitrogens with zero attached hydrogens (tertiary/aromatic N) is 3. The third-order valence-corrected chi connectivity index (χ3v) is 7.64. The minimum Gasteiger partial charge on any atom is -0.480 e. The molecule has 1 aliphatic rings. The van der Waals surface area contributed by atoms with Crippen molar-refractivity contribution in [3.63, 3.8) is 0 Å². The van der Waals surface area contributed by atoms with Crippen molar-refractivity contribution in [3.8, 4) is 0 Å². The van der Waals surface area contributed by atoms with E-state index < -0.39 is 67.9 Å². The number of hydrazine groups is 1. The first-order valence-corrected chi connectivity index (χ1v) is 15.9. The lowest BCUT2D eigenvalue weighted by Crippen LogP contribution is -2.49. The van der Waals surface area contributed by atoms with E-state index in [-0.39, 0.29) is 51.6 Å². The van der Waals surface area contributed by atoms with Gasteiger partial charge in [-0.15, -0.1) is 0 Å². The molecule has 0 aromatic carbocycles. The first-order chi connectivity index (χ1) is 22.2. The first kappa shape index (κ1) is 41.2. The third kappa shape index (κ3) is 21.5. The molecule has 0 saturated heterocycles.